The van der Waals surface area contributed by atoms with E-state index in [2.05, 4.69) is 43.4 Å². The van der Waals surface area contributed by atoms with Crippen molar-refractivity contribution in [2.24, 2.45) is 5.84 Å². The zero-order valence-corrected chi connectivity index (χ0v) is 13.3. The highest BCUT2D eigenvalue weighted by Gasteiger charge is 2.15. The molecule has 0 saturated carbocycles. The lowest BCUT2D eigenvalue weighted by Gasteiger charge is -2.17. The highest BCUT2D eigenvalue weighted by Crippen LogP contribution is 2.29. The fraction of sp³-hybridized carbons (Fsp3) is 0.167. The lowest BCUT2D eigenvalue weighted by atomic mass is 10.0. The molecule has 0 aliphatic carbocycles. The Hall–Kier alpha value is -0.270. The van der Waals surface area contributed by atoms with Crippen molar-refractivity contribution in [3.05, 3.63) is 54.8 Å². The Morgan fingerprint density at radius 1 is 1.33 bits per heavy atom. The number of nitrogens with two attached hydrogens (primary N) is 1. The van der Waals surface area contributed by atoms with Gasteiger partial charge < -0.3 is 0 Å². The molecule has 1 unspecified atom stereocenters. The summed E-state index contributed by atoms with van der Waals surface area (Å²) in [5.41, 5.74) is 3.72. The van der Waals surface area contributed by atoms with Gasteiger partial charge in [0.15, 0.2) is 0 Å². The molecular weight excluding hydrogens is 383 g/mol. The number of halogens is 3. The molecule has 0 saturated heterocycles. The Balaban J connectivity index is 2.22. The molecule has 2 rings (SSSR count). The number of thiophene rings is 1. The van der Waals surface area contributed by atoms with Crippen molar-refractivity contribution < 1.29 is 4.39 Å². The van der Waals surface area contributed by atoms with Gasteiger partial charge >= 0.3 is 0 Å². The first-order valence-corrected chi connectivity index (χ1v) is 7.70. The molecule has 0 aliphatic rings. The van der Waals surface area contributed by atoms with E-state index in [1.54, 1.807) is 17.4 Å². The van der Waals surface area contributed by atoms with Gasteiger partial charge in [-0.15, -0.1) is 11.3 Å². The van der Waals surface area contributed by atoms with E-state index >= 15 is 0 Å². The van der Waals surface area contributed by atoms with Crippen molar-refractivity contribution in [2.45, 2.75) is 12.5 Å². The predicted octanol–water partition coefficient (Wildman–Crippen LogP) is 4.16. The van der Waals surface area contributed by atoms with Crippen molar-refractivity contribution in [2.75, 3.05) is 0 Å². The van der Waals surface area contributed by atoms with Gasteiger partial charge in [0.2, 0.25) is 0 Å². The molecule has 96 valence electrons. The van der Waals surface area contributed by atoms with Gasteiger partial charge in [0.25, 0.3) is 0 Å². The summed E-state index contributed by atoms with van der Waals surface area (Å²) in [4.78, 5) is 1.21. The molecule has 2 nitrogen and oxygen atoms in total. The highest BCUT2D eigenvalue weighted by atomic mass is 79.9. The van der Waals surface area contributed by atoms with E-state index in [9.17, 15) is 4.39 Å². The largest absolute Gasteiger partial charge is 0.271 e. The van der Waals surface area contributed by atoms with E-state index in [4.69, 9.17) is 5.84 Å². The average Bonchev–Trinajstić information content (AvgIpc) is 2.72. The smallest absolute Gasteiger partial charge is 0.124 e. The maximum Gasteiger partial charge on any atom is 0.124 e. The zero-order valence-electron chi connectivity index (χ0n) is 9.29. The topological polar surface area (TPSA) is 38.0 Å². The van der Waals surface area contributed by atoms with Crippen molar-refractivity contribution in [3.8, 4) is 0 Å². The first-order valence-electron chi connectivity index (χ1n) is 5.24. The third-order valence-corrected chi connectivity index (χ3v) is 4.97. The first kappa shape index (κ1) is 14.1. The molecule has 18 heavy (non-hydrogen) atoms. The van der Waals surface area contributed by atoms with Gasteiger partial charge in [-0.3, -0.25) is 11.3 Å². The van der Waals surface area contributed by atoms with Crippen molar-refractivity contribution in [1.29, 1.82) is 0 Å². The molecule has 6 heteroatoms. The molecule has 1 aromatic carbocycles. The zero-order chi connectivity index (χ0) is 13.1. The molecule has 0 fully saturated rings. The summed E-state index contributed by atoms with van der Waals surface area (Å²) in [6.07, 6.45) is 0.761. The lowest BCUT2D eigenvalue weighted by Crippen LogP contribution is -2.29. The quantitative estimate of drug-likeness (QED) is 0.604. The second kappa shape index (κ2) is 6.25. The minimum absolute atomic E-state index is 0.0504. The third kappa shape index (κ3) is 3.39. The number of hydrazine groups is 1. The second-order valence-electron chi connectivity index (χ2n) is 3.82. The van der Waals surface area contributed by atoms with Crippen molar-refractivity contribution in [3.63, 3.8) is 0 Å². The van der Waals surface area contributed by atoms with Crippen LogP contribution < -0.4 is 11.3 Å². The average molecular weight is 394 g/mol. The number of hydrogen-bond acceptors (Lipinski definition) is 3. The Bertz CT molecular complexity index is 545. The van der Waals surface area contributed by atoms with E-state index in [0.717, 1.165) is 20.9 Å². The fourth-order valence-corrected chi connectivity index (χ4v) is 3.83. The predicted molar refractivity (Wildman–Crippen MR) is 79.9 cm³/mol. The van der Waals surface area contributed by atoms with Gasteiger partial charge in [0.05, 0.1) is 6.04 Å². The summed E-state index contributed by atoms with van der Waals surface area (Å²) in [7, 11) is 0. The minimum atomic E-state index is -0.264. The van der Waals surface area contributed by atoms with E-state index in [0.29, 0.717) is 0 Å². The van der Waals surface area contributed by atoms with Crippen LogP contribution in [0.15, 0.2) is 38.6 Å². The monoisotopic (exact) mass is 392 g/mol. The molecule has 0 radical (unpaired) electrons. The van der Waals surface area contributed by atoms with Crippen LogP contribution in [0.2, 0.25) is 0 Å². The van der Waals surface area contributed by atoms with Crippen LogP contribution in [0.1, 0.15) is 16.5 Å². The number of nitrogens with one attached hydrogen (secondary N) is 1. The normalized spacial score (nSPS) is 12.7. The molecule has 0 aliphatic heterocycles. The summed E-state index contributed by atoms with van der Waals surface area (Å²) >= 11 is 8.45. The molecule has 0 bridgehead atoms. The number of rotatable bonds is 4. The molecule has 0 amide bonds. The van der Waals surface area contributed by atoms with Crippen molar-refractivity contribution >= 4 is 43.2 Å². The van der Waals surface area contributed by atoms with Crippen LogP contribution in [0.4, 0.5) is 4.39 Å². The molecule has 1 heterocycles. The Kier molecular flexibility index (Phi) is 4.91. The molecule has 1 atom stereocenters. The minimum Gasteiger partial charge on any atom is -0.271 e. The van der Waals surface area contributed by atoms with Crippen LogP contribution in [0.25, 0.3) is 0 Å². The molecule has 2 aromatic rings. The highest BCUT2D eigenvalue weighted by molar-refractivity contribution is 9.10. The third-order valence-electron chi connectivity index (χ3n) is 2.57. The lowest BCUT2D eigenvalue weighted by molar-refractivity contribution is 0.550. The van der Waals surface area contributed by atoms with Crippen molar-refractivity contribution in [1.82, 2.24) is 5.43 Å². The molecule has 1 aromatic heterocycles. The van der Waals surface area contributed by atoms with Crippen LogP contribution in [0, 0.1) is 5.82 Å². The molecule has 0 spiro atoms. The number of hydrogen-bond donors (Lipinski definition) is 2. The van der Waals surface area contributed by atoms with E-state index in [1.807, 2.05) is 5.38 Å². The van der Waals surface area contributed by atoms with Gasteiger partial charge in [0, 0.05) is 25.6 Å². The van der Waals surface area contributed by atoms with Crippen LogP contribution >= 0.6 is 43.2 Å². The standard InChI is InChI=1S/C12H11Br2FN2S/c13-7-3-9(18-6-7)5-12(17-16)10-2-1-8(15)4-11(10)14/h1-4,6,12,17H,5,16H2. The van der Waals surface area contributed by atoms with E-state index < -0.39 is 0 Å². The van der Waals surface area contributed by atoms with Gasteiger partial charge in [-0.2, -0.15) is 0 Å². The first-order chi connectivity index (χ1) is 8.60. The van der Waals surface area contributed by atoms with E-state index in [-0.39, 0.29) is 11.9 Å². The van der Waals surface area contributed by atoms with Gasteiger partial charge in [-0.05, 0) is 39.7 Å². The fourth-order valence-electron chi connectivity index (χ4n) is 1.70. The maximum absolute atomic E-state index is 13.1. The van der Waals surface area contributed by atoms with E-state index in [1.165, 1.54) is 17.0 Å². The summed E-state index contributed by atoms with van der Waals surface area (Å²) in [6, 6.07) is 6.64. The molecule has 3 N–H and O–H groups in total. The summed E-state index contributed by atoms with van der Waals surface area (Å²) < 4.78 is 14.8. The summed E-state index contributed by atoms with van der Waals surface area (Å²) in [6.45, 7) is 0. The van der Waals surface area contributed by atoms with Crippen LogP contribution in [0.5, 0.6) is 0 Å². The second-order valence-corrected chi connectivity index (χ2v) is 6.59. The van der Waals surface area contributed by atoms with Gasteiger partial charge in [0.1, 0.15) is 5.82 Å². The molecular formula is C12H11Br2FN2S. The van der Waals surface area contributed by atoms with Crippen LogP contribution in [-0.2, 0) is 6.42 Å². The summed E-state index contributed by atoms with van der Waals surface area (Å²) in [5.74, 6) is 5.33. The van der Waals surface area contributed by atoms with Gasteiger partial charge in [-0.1, -0.05) is 22.0 Å². The number of benzene rings is 1. The van der Waals surface area contributed by atoms with Gasteiger partial charge in [-0.25, -0.2) is 4.39 Å². The maximum atomic E-state index is 13.1. The summed E-state index contributed by atoms with van der Waals surface area (Å²) in [5, 5.41) is 2.03. The van der Waals surface area contributed by atoms with Crippen LogP contribution in [0.3, 0.4) is 0 Å². The Morgan fingerprint density at radius 2 is 2.11 bits per heavy atom. The Labute approximate surface area is 126 Å². The SMILES string of the molecule is NNC(Cc1cc(Br)cs1)c1ccc(F)cc1Br. The Morgan fingerprint density at radius 3 is 2.67 bits per heavy atom. The van der Waals surface area contributed by atoms with Crippen LogP contribution in [-0.4, -0.2) is 0 Å².